The van der Waals surface area contributed by atoms with Crippen LogP contribution in [0.5, 0.6) is 0 Å². The maximum Gasteiger partial charge on any atom is 0.164 e. The number of nitrogens with two attached hydrogens (primary N) is 1. The number of ether oxygens (including phenoxy) is 2. The Balaban J connectivity index is 2.07. The molecule has 2 fully saturated rings. The molecule has 2 aliphatic heterocycles. The fourth-order valence-corrected chi connectivity index (χ4v) is 1.73. The van der Waals surface area contributed by atoms with Crippen LogP contribution in [-0.2, 0) is 9.47 Å². The molecule has 2 N–H and O–H groups in total. The molecule has 2 unspecified atom stereocenters. The summed E-state index contributed by atoms with van der Waals surface area (Å²) in [5, 5.41) is 2.24. The van der Waals surface area contributed by atoms with Gasteiger partial charge in [-0.2, -0.15) is 0 Å². The second-order valence-corrected chi connectivity index (χ2v) is 3.47. The van der Waals surface area contributed by atoms with Gasteiger partial charge in [0.05, 0.1) is 0 Å². The van der Waals surface area contributed by atoms with Crippen molar-refractivity contribution in [3.8, 4) is 0 Å². The van der Waals surface area contributed by atoms with E-state index in [9.17, 15) is 0 Å². The minimum Gasteiger partial charge on any atom is -0.342 e. The van der Waals surface area contributed by atoms with E-state index >= 15 is 0 Å². The average Bonchev–Trinajstić information content (AvgIpc) is 2.20. The second-order valence-electron chi connectivity index (χ2n) is 3.47. The first kappa shape index (κ1) is 6.58. The molecule has 2 atom stereocenters. The zero-order chi connectivity index (χ0) is 7.19. The molecule has 10 heavy (non-hydrogen) atoms. The largest absolute Gasteiger partial charge is 0.342 e. The summed E-state index contributed by atoms with van der Waals surface area (Å²) in [7, 11) is 0. The summed E-state index contributed by atoms with van der Waals surface area (Å²) in [5.74, 6) is -0.330. The van der Waals surface area contributed by atoms with Crippen molar-refractivity contribution in [1.82, 2.24) is 0 Å². The van der Waals surface area contributed by atoms with Crippen LogP contribution in [0.25, 0.3) is 0 Å². The van der Waals surface area contributed by atoms with Gasteiger partial charge in [-0.1, -0.05) is 0 Å². The average molecular weight is 144 g/mol. The number of hydrogen-bond donors (Lipinski definition) is 1. The summed E-state index contributed by atoms with van der Waals surface area (Å²) >= 11 is 0. The third kappa shape index (κ3) is 0.944. The first-order chi connectivity index (χ1) is 4.67. The quantitative estimate of drug-likeness (QED) is 0.477. The Morgan fingerprint density at radius 1 is 1.20 bits per heavy atom. The molecule has 0 aromatic rings. The molecule has 0 saturated carbocycles. The molecule has 0 bridgehead atoms. The van der Waals surface area contributed by atoms with Gasteiger partial charge in [-0.25, -0.2) is 0 Å². The Labute approximate surface area is 60.7 Å². The highest BCUT2D eigenvalue weighted by atomic mass is 16.8. The SMILES string of the molecule is CC1(C)OC2C[NH2+]CC2O1. The molecular formula is C7H14NO2+. The van der Waals surface area contributed by atoms with E-state index < -0.39 is 0 Å². The van der Waals surface area contributed by atoms with Crippen LogP contribution in [-0.4, -0.2) is 31.1 Å². The van der Waals surface area contributed by atoms with Crippen LogP contribution in [0, 0.1) is 0 Å². The molecule has 0 radical (unpaired) electrons. The molecule has 0 spiro atoms. The Morgan fingerprint density at radius 3 is 2.20 bits per heavy atom. The monoisotopic (exact) mass is 144 g/mol. The summed E-state index contributed by atoms with van der Waals surface area (Å²) in [6, 6.07) is 0. The van der Waals surface area contributed by atoms with Gasteiger partial charge in [0.25, 0.3) is 0 Å². The van der Waals surface area contributed by atoms with E-state index in [1.54, 1.807) is 0 Å². The van der Waals surface area contributed by atoms with Crippen LogP contribution in [0.3, 0.4) is 0 Å². The van der Waals surface area contributed by atoms with Crippen LogP contribution >= 0.6 is 0 Å². The minimum absolute atomic E-state index is 0.330. The highest BCUT2D eigenvalue weighted by Gasteiger charge is 2.46. The number of quaternary nitrogens is 1. The molecule has 2 aliphatic rings. The minimum atomic E-state index is -0.330. The molecule has 2 heterocycles. The van der Waals surface area contributed by atoms with Gasteiger partial charge >= 0.3 is 0 Å². The Kier molecular flexibility index (Phi) is 1.27. The van der Waals surface area contributed by atoms with Gasteiger partial charge in [-0.05, 0) is 13.8 Å². The van der Waals surface area contributed by atoms with E-state index in [1.165, 1.54) is 0 Å². The Bertz CT molecular complexity index is 133. The Morgan fingerprint density at radius 2 is 1.70 bits per heavy atom. The highest BCUT2D eigenvalue weighted by Crippen LogP contribution is 2.27. The molecule has 0 aromatic heterocycles. The van der Waals surface area contributed by atoms with Gasteiger partial charge in [0.1, 0.15) is 25.3 Å². The van der Waals surface area contributed by atoms with Crippen molar-refractivity contribution in [1.29, 1.82) is 0 Å². The molecule has 58 valence electrons. The molecule has 3 heteroatoms. The lowest BCUT2D eigenvalue weighted by atomic mass is 10.3. The zero-order valence-electron chi connectivity index (χ0n) is 6.46. The van der Waals surface area contributed by atoms with Gasteiger partial charge in [0.15, 0.2) is 5.79 Å². The third-order valence-electron chi connectivity index (χ3n) is 2.08. The number of fused-ring (bicyclic) bond motifs is 1. The molecule has 2 rings (SSSR count). The van der Waals surface area contributed by atoms with Crippen LogP contribution in [0.1, 0.15) is 13.8 Å². The van der Waals surface area contributed by atoms with Gasteiger partial charge in [-0.15, -0.1) is 0 Å². The second kappa shape index (κ2) is 1.94. The van der Waals surface area contributed by atoms with Crippen molar-refractivity contribution < 1.29 is 14.8 Å². The van der Waals surface area contributed by atoms with Crippen molar-refractivity contribution >= 4 is 0 Å². The van der Waals surface area contributed by atoms with Crippen LogP contribution < -0.4 is 5.32 Å². The first-order valence-electron chi connectivity index (χ1n) is 3.85. The van der Waals surface area contributed by atoms with Crippen LogP contribution in [0.15, 0.2) is 0 Å². The van der Waals surface area contributed by atoms with Crippen molar-refractivity contribution in [3.63, 3.8) is 0 Å². The van der Waals surface area contributed by atoms with Gasteiger partial charge < -0.3 is 14.8 Å². The predicted molar refractivity (Wildman–Crippen MR) is 35.5 cm³/mol. The number of hydrogen-bond acceptors (Lipinski definition) is 2. The fraction of sp³-hybridized carbons (Fsp3) is 1.00. The summed E-state index contributed by atoms with van der Waals surface area (Å²) in [6.45, 7) is 6.08. The predicted octanol–water partition coefficient (Wildman–Crippen LogP) is -0.916. The molecular weight excluding hydrogens is 130 g/mol. The third-order valence-corrected chi connectivity index (χ3v) is 2.08. The van der Waals surface area contributed by atoms with Crippen molar-refractivity contribution in [2.24, 2.45) is 0 Å². The summed E-state index contributed by atoms with van der Waals surface area (Å²) < 4.78 is 11.2. The molecule has 0 aliphatic carbocycles. The van der Waals surface area contributed by atoms with E-state index in [-0.39, 0.29) is 5.79 Å². The highest BCUT2D eigenvalue weighted by molar-refractivity contribution is 4.82. The van der Waals surface area contributed by atoms with Crippen LogP contribution in [0.4, 0.5) is 0 Å². The van der Waals surface area contributed by atoms with Crippen molar-refractivity contribution in [2.45, 2.75) is 31.8 Å². The normalized spacial score (nSPS) is 43.8. The van der Waals surface area contributed by atoms with E-state index in [2.05, 4.69) is 5.32 Å². The zero-order valence-corrected chi connectivity index (χ0v) is 6.46. The molecule has 2 saturated heterocycles. The van der Waals surface area contributed by atoms with Gasteiger partial charge in [0, 0.05) is 0 Å². The Hall–Kier alpha value is -0.120. The summed E-state index contributed by atoms with van der Waals surface area (Å²) in [4.78, 5) is 0. The summed E-state index contributed by atoms with van der Waals surface area (Å²) in [5.41, 5.74) is 0. The molecule has 0 amide bonds. The lowest BCUT2D eigenvalue weighted by Crippen LogP contribution is -2.82. The number of rotatable bonds is 0. The van der Waals surface area contributed by atoms with E-state index in [0.717, 1.165) is 13.1 Å². The van der Waals surface area contributed by atoms with Crippen LogP contribution in [0.2, 0.25) is 0 Å². The summed E-state index contributed by atoms with van der Waals surface area (Å²) in [6.07, 6.45) is 0.685. The lowest BCUT2D eigenvalue weighted by molar-refractivity contribution is -0.645. The first-order valence-corrected chi connectivity index (χ1v) is 3.85. The van der Waals surface area contributed by atoms with Gasteiger partial charge in [0.2, 0.25) is 0 Å². The van der Waals surface area contributed by atoms with E-state index in [1.807, 2.05) is 13.8 Å². The lowest BCUT2D eigenvalue weighted by Gasteiger charge is -2.17. The van der Waals surface area contributed by atoms with E-state index in [4.69, 9.17) is 9.47 Å². The molecule has 0 aromatic carbocycles. The van der Waals surface area contributed by atoms with Crippen molar-refractivity contribution in [3.05, 3.63) is 0 Å². The van der Waals surface area contributed by atoms with E-state index in [0.29, 0.717) is 12.2 Å². The standard InChI is InChI=1S/C7H13NO2/c1-7(2)9-5-3-8-4-6(5)10-7/h5-6,8H,3-4H2,1-2H3/p+1. The fourth-order valence-electron chi connectivity index (χ4n) is 1.73. The molecule has 3 nitrogen and oxygen atoms in total. The maximum atomic E-state index is 5.62. The van der Waals surface area contributed by atoms with Gasteiger partial charge in [-0.3, -0.25) is 0 Å². The maximum absolute atomic E-state index is 5.62. The topological polar surface area (TPSA) is 35.1 Å². The van der Waals surface area contributed by atoms with Crippen molar-refractivity contribution in [2.75, 3.05) is 13.1 Å². The smallest absolute Gasteiger partial charge is 0.164 e.